The van der Waals surface area contributed by atoms with Crippen molar-refractivity contribution in [2.45, 2.75) is 51.3 Å². The minimum Gasteiger partial charge on any atom is -0.488 e. The standard InChI is InChI=1S/C19H23N3O2/c1-21(15-7-3-2-4-8-15)18(23)12-22-19-14(11-20-22)13-24-17-10-6-5-9-16(17)19/h5-6,9-11,15H,2-4,7-8,12-13H2,1H3. The molecule has 0 N–H and O–H groups in total. The molecule has 1 saturated carbocycles. The number of hydrogen-bond acceptors (Lipinski definition) is 3. The number of likely N-dealkylation sites (N-methyl/N-ethyl adjacent to an activating group) is 1. The lowest BCUT2D eigenvalue weighted by molar-refractivity contribution is -0.133. The zero-order valence-corrected chi connectivity index (χ0v) is 14.1. The molecule has 2 aliphatic rings. The van der Waals surface area contributed by atoms with Crippen LogP contribution in [0.3, 0.4) is 0 Å². The summed E-state index contributed by atoms with van der Waals surface area (Å²) in [6.45, 7) is 0.801. The number of aromatic nitrogens is 2. The molecule has 5 heteroatoms. The van der Waals surface area contributed by atoms with E-state index in [4.69, 9.17) is 4.74 Å². The normalized spacial score (nSPS) is 16.9. The molecule has 0 unspecified atom stereocenters. The Morgan fingerprint density at radius 1 is 1.29 bits per heavy atom. The third-order valence-electron chi connectivity index (χ3n) is 5.24. The van der Waals surface area contributed by atoms with Gasteiger partial charge in [-0.05, 0) is 25.0 Å². The van der Waals surface area contributed by atoms with Gasteiger partial charge in [0.1, 0.15) is 18.9 Å². The lowest BCUT2D eigenvalue weighted by Gasteiger charge is -2.31. The van der Waals surface area contributed by atoms with Gasteiger partial charge in [0.15, 0.2) is 0 Å². The van der Waals surface area contributed by atoms with Gasteiger partial charge in [0.25, 0.3) is 0 Å². The number of ether oxygens (including phenoxy) is 1. The van der Waals surface area contributed by atoms with Crippen LogP contribution < -0.4 is 4.74 Å². The highest BCUT2D eigenvalue weighted by Gasteiger charge is 2.26. The summed E-state index contributed by atoms with van der Waals surface area (Å²) < 4.78 is 7.59. The predicted molar refractivity (Wildman–Crippen MR) is 91.6 cm³/mol. The Labute approximate surface area is 142 Å². The molecule has 1 aliphatic heterocycles. The second kappa shape index (κ2) is 6.30. The number of fused-ring (bicyclic) bond motifs is 3. The minimum absolute atomic E-state index is 0.136. The molecule has 1 aliphatic carbocycles. The highest BCUT2D eigenvalue weighted by atomic mass is 16.5. The quantitative estimate of drug-likeness (QED) is 0.870. The molecule has 5 nitrogen and oxygen atoms in total. The van der Waals surface area contributed by atoms with Gasteiger partial charge in [-0.2, -0.15) is 5.10 Å². The molecule has 0 bridgehead atoms. The first-order valence-electron chi connectivity index (χ1n) is 8.76. The molecule has 4 rings (SSSR count). The van der Waals surface area contributed by atoms with E-state index in [0.29, 0.717) is 12.6 Å². The Morgan fingerprint density at radius 3 is 2.92 bits per heavy atom. The molecule has 0 atom stereocenters. The van der Waals surface area contributed by atoms with Crippen LogP contribution in [0.5, 0.6) is 5.75 Å². The number of carbonyl (C=O) groups is 1. The van der Waals surface area contributed by atoms with E-state index < -0.39 is 0 Å². The lowest BCUT2D eigenvalue weighted by Crippen LogP contribution is -2.40. The van der Waals surface area contributed by atoms with Crippen molar-refractivity contribution < 1.29 is 9.53 Å². The predicted octanol–water partition coefficient (Wildman–Crippen LogP) is 3.23. The molecule has 2 heterocycles. The van der Waals surface area contributed by atoms with E-state index >= 15 is 0 Å². The van der Waals surface area contributed by atoms with E-state index in [-0.39, 0.29) is 12.5 Å². The second-order valence-corrected chi connectivity index (χ2v) is 6.76. The first-order chi connectivity index (χ1) is 11.7. The minimum atomic E-state index is 0.136. The van der Waals surface area contributed by atoms with E-state index in [9.17, 15) is 4.79 Å². The van der Waals surface area contributed by atoms with Gasteiger partial charge in [-0.3, -0.25) is 9.48 Å². The zero-order chi connectivity index (χ0) is 16.5. The largest absolute Gasteiger partial charge is 0.488 e. The molecule has 1 aromatic heterocycles. The van der Waals surface area contributed by atoms with Gasteiger partial charge in [-0.25, -0.2) is 0 Å². The van der Waals surface area contributed by atoms with Gasteiger partial charge >= 0.3 is 0 Å². The Kier molecular flexibility index (Phi) is 4.00. The van der Waals surface area contributed by atoms with Crippen LogP contribution in [-0.2, 0) is 17.9 Å². The van der Waals surface area contributed by atoms with Gasteiger partial charge in [-0.15, -0.1) is 0 Å². The molecule has 0 radical (unpaired) electrons. The second-order valence-electron chi connectivity index (χ2n) is 6.76. The third kappa shape index (κ3) is 2.68. The summed E-state index contributed by atoms with van der Waals surface area (Å²) in [6.07, 6.45) is 7.81. The fourth-order valence-corrected chi connectivity index (χ4v) is 3.82. The molecular formula is C19H23N3O2. The maximum atomic E-state index is 12.7. The number of amides is 1. The van der Waals surface area contributed by atoms with Crippen LogP contribution >= 0.6 is 0 Å². The molecular weight excluding hydrogens is 302 g/mol. The van der Waals surface area contributed by atoms with Crippen LogP contribution in [-0.4, -0.2) is 33.7 Å². The number of nitrogens with zero attached hydrogens (tertiary/aromatic N) is 3. The van der Waals surface area contributed by atoms with Crippen LogP contribution in [0.2, 0.25) is 0 Å². The third-order valence-corrected chi connectivity index (χ3v) is 5.24. The van der Waals surface area contributed by atoms with E-state index in [2.05, 4.69) is 5.10 Å². The molecule has 24 heavy (non-hydrogen) atoms. The monoisotopic (exact) mass is 325 g/mol. The van der Waals surface area contributed by atoms with Crippen molar-refractivity contribution in [3.8, 4) is 17.0 Å². The van der Waals surface area contributed by atoms with E-state index in [0.717, 1.165) is 35.4 Å². The van der Waals surface area contributed by atoms with Gasteiger partial charge in [0.05, 0.1) is 11.9 Å². The highest BCUT2D eigenvalue weighted by molar-refractivity contribution is 5.78. The molecule has 1 amide bonds. The fraction of sp³-hybridized carbons (Fsp3) is 0.474. The molecule has 0 spiro atoms. The Morgan fingerprint density at radius 2 is 2.08 bits per heavy atom. The topological polar surface area (TPSA) is 47.4 Å². The molecule has 0 saturated heterocycles. The van der Waals surface area contributed by atoms with Crippen molar-refractivity contribution in [1.29, 1.82) is 0 Å². The summed E-state index contributed by atoms with van der Waals surface area (Å²) in [6, 6.07) is 8.33. The van der Waals surface area contributed by atoms with Gasteiger partial charge < -0.3 is 9.64 Å². The van der Waals surface area contributed by atoms with Crippen molar-refractivity contribution in [2.75, 3.05) is 7.05 Å². The van der Waals surface area contributed by atoms with Crippen molar-refractivity contribution in [2.24, 2.45) is 0 Å². The Bertz CT molecular complexity index is 747. The number of para-hydroxylation sites is 1. The van der Waals surface area contributed by atoms with E-state index in [1.165, 1.54) is 19.3 Å². The summed E-state index contributed by atoms with van der Waals surface area (Å²) in [5, 5.41) is 4.45. The fourth-order valence-electron chi connectivity index (χ4n) is 3.82. The first-order valence-corrected chi connectivity index (χ1v) is 8.76. The van der Waals surface area contributed by atoms with Crippen LogP contribution in [0.4, 0.5) is 0 Å². The van der Waals surface area contributed by atoms with Crippen LogP contribution in [0, 0.1) is 0 Å². The van der Waals surface area contributed by atoms with Crippen LogP contribution in [0.15, 0.2) is 30.5 Å². The van der Waals surface area contributed by atoms with Crippen LogP contribution in [0.25, 0.3) is 11.3 Å². The smallest absolute Gasteiger partial charge is 0.244 e. The van der Waals surface area contributed by atoms with Crippen LogP contribution in [0.1, 0.15) is 37.7 Å². The number of benzene rings is 1. The summed E-state index contributed by atoms with van der Waals surface area (Å²) in [5.41, 5.74) is 3.08. The maximum Gasteiger partial charge on any atom is 0.244 e. The summed E-state index contributed by atoms with van der Waals surface area (Å²) >= 11 is 0. The molecule has 2 aromatic rings. The SMILES string of the molecule is CN(C(=O)Cn1ncc2c1-c1ccccc1OC2)C1CCCCC1. The first kappa shape index (κ1) is 15.2. The van der Waals surface area contributed by atoms with Crippen molar-refractivity contribution in [3.05, 3.63) is 36.0 Å². The van der Waals surface area contributed by atoms with Gasteiger partial charge in [0, 0.05) is 24.2 Å². The zero-order valence-electron chi connectivity index (χ0n) is 14.1. The number of rotatable bonds is 3. The number of hydrogen-bond donors (Lipinski definition) is 0. The van der Waals surface area contributed by atoms with E-state index in [1.807, 2.05) is 47.1 Å². The molecule has 1 aromatic carbocycles. The highest BCUT2D eigenvalue weighted by Crippen LogP contribution is 2.37. The molecule has 1 fully saturated rings. The lowest BCUT2D eigenvalue weighted by atomic mass is 9.94. The molecule has 126 valence electrons. The van der Waals surface area contributed by atoms with Gasteiger partial charge in [-0.1, -0.05) is 31.4 Å². The summed E-state index contributed by atoms with van der Waals surface area (Å²) in [7, 11) is 1.94. The maximum absolute atomic E-state index is 12.7. The summed E-state index contributed by atoms with van der Waals surface area (Å²) in [5.74, 6) is 0.997. The van der Waals surface area contributed by atoms with Crippen molar-refractivity contribution >= 4 is 5.91 Å². The van der Waals surface area contributed by atoms with Crippen molar-refractivity contribution in [3.63, 3.8) is 0 Å². The summed E-state index contributed by atoms with van der Waals surface area (Å²) in [4.78, 5) is 14.7. The van der Waals surface area contributed by atoms with E-state index in [1.54, 1.807) is 0 Å². The van der Waals surface area contributed by atoms with Gasteiger partial charge in [0.2, 0.25) is 5.91 Å². The Hall–Kier alpha value is -2.30. The number of carbonyl (C=O) groups excluding carboxylic acids is 1. The van der Waals surface area contributed by atoms with Crippen molar-refractivity contribution in [1.82, 2.24) is 14.7 Å². The average Bonchev–Trinajstić information content (AvgIpc) is 3.05. The Balaban J connectivity index is 1.56. The average molecular weight is 325 g/mol.